The normalized spacial score (nSPS) is 10.9. The number of halogens is 1. The maximum absolute atomic E-state index is 6.25. The van der Waals surface area contributed by atoms with Crippen LogP contribution in [0.4, 0.5) is 0 Å². The molecule has 0 spiro atoms. The van der Waals surface area contributed by atoms with E-state index in [1.165, 1.54) is 5.56 Å². The summed E-state index contributed by atoms with van der Waals surface area (Å²) in [6.45, 7) is 2.98. The fourth-order valence-corrected chi connectivity index (χ4v) is 2.69. The van der Waals surface area contributed by atoms with Gasteiger partial charge in [0.25, 0.3) is 0 Å². The molecule has 3 rings (SSSR count). The Kier molecular flexibility index (Phi) is 4.22. The topological polar surface area (TPSA) is 56.7 Å². The summed E-state index contributed by atoms with van der Waals surface area (Å²) in [4.78, 5) is 0. The predicted molar refractivity (Wildman–Crippen MR) is 88.6 cm³/mol. The third-order valence-electron chi connectivity index (χ3n) is 3.57. The van der Waals surface area contributed by atoms with Crippen LogP contribution in [0, 0.1) is 6.92 Å². The monoisotopic (exact) mass is 312 g/mol. The molecule has 0 unspecified atom stereocenters. The maximum Gasteiger partial charge on any atom is 0.104 e. The molecule has 0 bridgehead atoms. The summed E-state index contributed by atoms with van der Waals surface area (Å²) < 4.78 is 1.86. The molecule has 0 aliphatic heterocycles. The Hall–Kier alpha value is -2.17. The van der Waals surface area contributed by atoms with Crippen molar-refractivity contribution in [1.29, 1.82) is 0 Å². The van der Waals surface area contributed by atoms with Gasteiger partial charge in [-0.15, -0.1) is 5.10 Å². The van der Waals surface area contributed by atoms with Crippen molar-refractivity contribution in [3.05, 3.63) is 70.4 Å². The molecule has 5 heteroatoms. The minimum atomic E-state index is 0.353. The van der Waals surface area contributed by atoms with Crippen LogP contribution in [0.15, 0.2) is 48.5 Å². The number of nitrogens with zero attached hydrogens (tertiary/aromatic N) is 3. The van der Waals surface area contributed by atoms with Gasteiger partial charge in [-0.2, -0.15) is 0 Å². The summed E-state index contributed by atoms with van der Waals surface area (Å²) >= 11 is 6.25. The van der Waals surface area contributed by atoms with Crippen molar-refractivity contribution >= 4 is 11.6 Å². The van der Waals surface area contributed by atoms with Crippen LogP contribution >= 0.6 is 11.6 Å². The van der Waals surface area contributed by atoms with Crippen LogP contribution < -0.4 is 5.73 Å². The third kappa shape index (κ3) is 2.89. The van der Waals surface area contributed by atoms with E-state index < -0.39 is 0 Å². The number of aromatic nitrogens is 3. The highest BCUT2D eigenvalue weighted by Gasteiger charge is 2.15. The van der Waals surface area contributed by atoms with Gasteiger partial charge in [-0.25, -0.2) is 4.68 Å². The Labute approximate surface area is 134 Å². The lowest BCUT2D eigenvalue weighted by atomic mass is 10.1. The molecule has 0 atom stereocenters. The molecule has 2 N–H and O–H groups in total. The van der Waals surface area contributed by atoms with E-state index in [1.807, 2.05) is 41.1 Å². The van der Waals surface area contributed by atoms with E-state index in [-0.39, 0.29) is 0 Å². The molecule has 4 nitrogen and oxygen atoms in total. The van der Waals surface area contributed by atoms with Gasteiger partial charge in [0.15, 0.2) is 0 Å². The molecule has 112 valence electrons. The zero-order chi connectivity index (χ0) is 15.5. The lowest BCUT2D eigenvalue weighted by molar-refractivity contribution is 0.655. The van der Waals surface area contributed by atoms with Crippen LogP contribution in [-0.4, -0.2) is 15.0 Å². The second-order valence-electron chi connectivity index (χ2n) is 5.21. The van der Waals surface area contributed by atoms with Gasteiger partial charge in [-0.3, -0.25) is 0 Å². The molecule has 0 aliphatic carbocycles. The second kappa shape index (κ2) is 6.30. The molecule has 0 amide bonds. The molecule has 3 aromatic rings. The van der Waals surface area contributed by atoms with Gasteiger partial charge in [0, 0.05) is 17.1 Å². The zero-order valence-corrected chi connectivity index (χ0v) is 13.1. The minimum Gasteiger partial charge on any atom is -0.325 e. The van der Waals surface area contributed by atoms with Gasteiger partial charge >= 0.3 is 0 Å². The van der Waals surface area contributed by atoms with Crippen LogP contribution in [0.5, 0.6) is 0 Å². The van der Waals surface area contributed by atoms with Crippen molar-refractivity contribution < 1.29 is 0 Å². The van der Waals surface area contributed by atoms with Gasteiger partial charge in [0.1, 0.15) is 5.69 Å². The molecule has 0 aliphatic rings. The first-order chi connectivity index (χ1) is 10.7. The molecule has 1 heterocycles. The smallest absolute Gasteiger partial charge is 0.104 e. The summed E-state index contributed by atoms with van der Waals surface area (Å²) in [6, 6.07) is 16.0. The van der Waals surface area contributed by atoms with Crippen molar-refractivity contribution in [3.8, 4) is 11.3 Å². The molecule has 1 aromatic heterocycles. The van der Waals surface area contributed by atoms with Gasteiger partial charge in [-0.1, -0.05) is 58.8 Å². The Morgan fingerprint density at radius 2 is 1.95 bits per heavy atom. The Morgan fingerprint density at radius 3 is 2.68 bits per heavy atom. The van der Waals surface area contributed by atoms with Crippen LogP contribution in [0.1, 0.15) is 16.8 Å². The molecule has 0 saturated heterocycles. The predicted octanol–water partition coefficient (Wildman–Crippen LogP) is 3.41. The molecule has 0 saturated carbocycles. The summed E-state index contributed by atoms with van der Waals surface area (Å²) in [6.07, 6.45) is 0. The molecular formula is C17H17ClN4. The standard InChI is InChI=1S/C17H17ClN4/c1-12-5-4-7-13(9-12)17-16(10-19)20-21-22(17)11-14-6-2-3-8-15(14)18/h2-9H,10-11,19H2,1H3. The van der Waals surface area contributed by atoms with Crippen molar-refractivity contribution in [3.63, 3.8) is 0 Å². The average molecular weight is 313 g/mol. The average Bonchev–Trinajstić information content (AvgIpc) is 2.92. The van der Waals surface area contributed by atoms with E-state index in [4.69, 9.17) is 17.3 Å². The zero-order valence-electron chi connectivity index (χ0n) is 12.3. The summed E-state index contributed by atoms with van der Waals surface area (Å²) in [5.41, 5.74) is 10.8. The quantitative estimate of drug-likeness (QED) is 0.803. The lowest BCUT2D eigenvalue weighted by Crippen LogP contribution is -2.06. The van der Waals surface area contributed by atoms with E-state index in [0.29, 0.717) is 13.1 Å². The highest BCUT2D eigenvalue weighted by atomic mass is 35.5. The fraction of sp³-hybridized carbons (Fsp3) is 0.176. The number of hydrogen-bond donors (Lipinski definition) is 1. The highest BCUT2D eigenvalue weighted by Crippen LogP contribution is 2.25. The third-order valence-corrected chi connectivity index (χ3v) is 3.94. The van der Waals surface area contributed by atoms with Gasteiger partial charge in [0.05, 0.1) is 12.2 Å². The van der Waals surface area contributed by atoms with E-state index >= 15 is 0 Å². The number of benzene rings is 2. The highest BCUT2D eigenvalue weighted by molar-refractivity contribution is 6.31. The van der Waals surface area contributed by atoms with Crippen LogP contribution in [-0.2, 0) is 13.1 Å². The number of rotatable bonds is 4. The molecule has 0 radical (unpaired) electrons. The molecule has 2 aromatic carbocycles. The van der Waals surface area contributed by atoms with E-state index in [2.05, 4.69) is 29.4 Å². The molecule has 22 heavy (non-hydrogen) atoms. The molecule has 0 fully saturated rings. The summed E-state index contributed by atoms with van der Waals surface area (Å²) in [5.74, 6) is 0. The molecular weight excluding hydrogens is 296 g/mol. The lowest BCUT2D eigenvalue weighted by Gasteiger charge is -2.10. The largest absolute Gasteiger partial charge is 0.325 e. The Bertz CT molecular complexity index is 795. The fourth-order valence-electron chi connectivity index (χ4n) is 2.49. The summed E-state index contributed by atoms with van der Waals surface area (Å²) in [5, 5.41) is 9.19. The van der Waals surface area contributed by atoms with Crippen LogP contribution in [0.3, 0.4) is 0 Å². The number of aryl methyl sites for hydroxylation is 1. The Balaban J connectivity index is 2.06. The van der Waals surface area contributed by atoms with Crippen LogP contribution in [0.25, 0.3) is 11.3 Å². The van der Waals surface area contributed by atoms with Crippen molar-refractivity contribution in [1.82, 2.24) is 15.0 Å². The van der Waals surface area contributed by atoms with E-state index in [9.17, 15) is 0 Å². The number of hydrogen-bond acceptors (Lipinski definition) is 3. The SMILES string of the molecule is Cc1cccc(-c2c(CN)nnn2Cc2ccccc2Cl)c1. The first-order valence-corrected chi connectivity index (χ1v) is 7.49. The number of nitrogens with two attached hydrogens (primary N) is 1. The first-order valence-electron chi connectivity index (χ1n) is 7.12. The van der Waals surface area contributed by atoms with Crippen molar-refractivity contribution in [2.75, 3.05) is 0 Å². The Morgan fingerprint density at radius 1 is 1.14 bits per heavy atom. The summed E-state index contributed by atoms with van der Waals surface area (Å²) in [7, 11) is 0. The second-order valence-corrected chi connectivity index (χ2v) is 5.61. The van der Waals surface area contributed by atoms with Crippen LogP contribution in [0.2, 0.25) is 5.02 Å². The van der Waals surface area contributed by atoms with E-state index in [0.717, 1.165) is 27.5 Å². The van der Waals surface area contributed by atoms with Gasteiger partial charge in [0.2, 0.25) is 0 Å². The first kappa shape index (κ1) is 14.8. The van der Waals surface area contributed by atoms with Gasteiger partial charge < -0.3 is 5.73 Å². The minimum absolute atomic E-state index is 0.353. The van der Waals surface area contributed by atoms with Gasteiger partial charge in [-0.05, 0) is 24.6 Å². The van der Waals surface area contributed by atoms with E-state index in [1.54, 1.807) is 0 Å². The maximum atomic E-state index is 6.25. The van der Waals surface area contributed by atoms with Crippen molar-refractivity contribution in [2.45, 2.75) is 20.0 Å². The van der Waals surface area contributed by atoms with Crippen molar-refractivity contribution in [2.24, 2.45) is 5.73 Å².